The minimum Gasteiger partial charge on any atom is -0.481 e. The number of carbonyl (C=O) groups is 1. The van der Waals surface area contributed by atoms with Crippen molar-refractivity contribution in [2.75, 3.05) is 7.11 Å². The fourth-order valence-electron chi connectivity index (χ4n) is 3.99. The Morgan fingerprint density at radius 3 is 2.81 bits per heavy atom. The van der Waals surface area contributed by atoms with Gasteiger partial charge in [0.2, 0.25) is 12.6 Å². The van der Waals surface area contributed by atoms with Crippen LogP contribution in [0.15, 0.2) is 35.3 Å². The Hall–Kier alpha value is -2.90. The van der Waals surface area contributed by atoms with Crippen LogP contribution in [0, 0.1) is 0 Å². The summed E-state index contributed by atoms with van der Waals surface area (Å²) in [4.78, 5) is 35.8. The fourth-order valence-corrected chi connectivity index (χ4v) is 3.99. The van der Waals surface area contributed by atoms with Crippen molar-refractivity contribution in [3.05, 3.63) is 46.5 Å². The molecular weight excluding hydrogens is 343 g/mol. The minimum absolute atomic E-state index is 0.00322. The molecule has 3 aromatic heterocycles. The summed E-state index contributed by atoms with van der Waals surface area (Å²) in [6.45, 7) is 1.81. The minimum atomic E-state index is -0.106. The molecule has 0 atom stereocenters. The summed E-state index contributed by atoms with van der Waals surface area (Å²) < 4.78 is 7.09. The second-order valence-electron chi connectivity index (χ2n) is 7.06. The Kier molecular flexibility index (Phi) is 4.55. The molecule has 1 aliphatic heterocycles. The van der Waals surface area contributed by atoms with Crippen molar-refractivity contribution in [1.82, 2.24) is 19.5 Å². The number of carbonyl (C=O) groups excluding carboxylic acids is 1. The SMILES string of the molecule is COc1cc(C(C)=O)cc(B2CCC(n3c(=O)[nH]c4ncccc43)CC2)n1. The van der Waals surface area contributed by atoms with Crippen LogP contribution >= 0.6 is 0 Å². The van der Waals surface area contributed by atoms with Crippen molar-refractivity contribution in [3.63, 3.8) is 0 Å². The predicted octanol–water partition coefficient (Wildman–Crippen LogP) is 2.07. The van der Waals surface area contributed by atoms with Crippen molar-refractivity contribution in [3.8, 4) is 5.88 Å². The molecule has 27 heavy (non-hydrogen) atoms. The van der Waals surface area contributed by atoms with Crippen LogP contribution in [0.5, 0.6) is 5.88 Å². The molecule has 3 aromatic rings. The maximum absolute atomic E-state index is 12.4. The molecule has 0 unspecified atom stereocenters. The van der Waals surface area contributed by atoms with Crippen molar-refractivity contribution in [2.24, 2.45) is 0 Å². The van der Waals surface area contributed by atoms with Gasteiger partial charge < -0.3 is 4.74 Å². The zero-order valence-electron chi connectivity index (χ0n) is 15.4. The molecule has 4 rings (SSSR count). The van der Waals surface area contributed by atoms with Gasteiger partial charge in [0.1, 0.15) is 0 Å². The van der Waals surface area contributed by atoms with E-state index >= 15 is 0 Å². The number of nitrogens with one attached hydrogen (secondary N) is 1. The molecule has 1 saturated heterocycles. The molecule has 8 heteroatoms. The van der Waals surface area contributed by atoms with E-state index in [4.69, 9.17) is 4.74 Å². The lowest BCUT2D eigenvalue weighted by Crippen LogP contribution is -2.38. The number of methoxy groups -OCH3 is 1. The second-order valence-corrected chi connectivity index (χ2v) is 7.06. The average molecular weight is 364 g/mol. The van der Waals surface area contributed by atoms with Crippen LogP contribution in [0.1, 0.15) is 36.2 Å². The first-order valence-electron chi connectivity index (χ1n) is 9.19. The molecule has 0 spiro atoms. The van der Waals surface area contributed by atoms with E-state index in [1.54, 1.807) is 26.3 Å². The lowest BCUT2D eigenvalue weighted by Gasteiger charge is -2.27. The van der Waals surface area contributed by atoms with Gasteiger partial charge in [-0.1, -0.05) is 12.6 Å². The number of hydrogen-bond donors (Lipinski definition) is 1. The van der Waals surface area contributed by atoms with E-state index in [1.807, 2.05) is 22.8 Å². The molecular formula is C19H21BN4O3. The van der Waals surface area contributed by atoms with Crippen LogP contribution in [0.3, 0.4) is 0 Å². The van der Waals surface area contributed by atoms with Gasteiger partial charge in [-0.25, -0.2) is 14.8 Å². The number of imidazole rings is 1. The molecule has 1 N–H and O–H groups in total. The lowest BCUT2D eigenvalue weighted by atomic mass is 9.39. The second kappa shape index (κ2) is 7.02. The van der Waals surface area contributed by atoms with Gasteiger partial charge in [0.15, 0.2) is 11.4 Å². The molecule has 0 bridgehead atoms. The number of rotatable bonds is 4. The van der Waals surface area contributed by atoms with Crippen LogP contribution < -0.4 is 16.0 Å². The van der Waals surface area contributed by atoms with Gasteiger partial charge in [-0.05, 0) is 38.0 Å². The Bertz CT molecular complexity index is 1050. The highest BCUT2D eigenvalue weighted by Gasteiger charge is 2.29. The zero-order chi connectivity index (χ0) is 19.0. The third-order valence-electron chi connectivity index (χ3n) is 5.41. The Labute approximate surface area is 156 Å². The maximum Gasteiger partial charge on any atom is 0.327 e. The van der Waals surface area contributed by atoms with Crippen LogP contribution in [-0.4, -0.2) is 39.1 Å². The Morgan fingerprint density at radius 2 is 2.11 bits per heavy atom. The molecule has 0 amide bonds. The largest absolute Gasteiger partial charge is 0.481 e. The van der Waals surface area contributed by atoms with Gasteiger partial charge >= 0.3 is 5.69 Å². The highest BCUT2D eigenvalue weighted by molar-refractivity contribution is 6.72. The smallest absolute Gasteiger partial charge is 0.327 e. The summed E-state index contributed by atoms with van der Waals surface area (Å²) in [7, 11) is 1.56. The summed E-state index contributed by atoms with van der Waals surface area (Å²) in [5.74, 6) is 0.474. The number of nitrogens with zero attached hydrogens (tertiary/aromatic N) is 3. The van der Waals surface area contributed by atoms with Gasteiger partial charge in [0.25, 0.3) is 0 Å². The van der Waals surface area contributed by atoms with Crippen LogP contribution in [0.4, 0.5) is 0 Å². The number of hydrogen-bond acceptors (Lipinski definition) is 5. The van der Waals surface area contributed by atoms with E-state index in [2.05, 4.69) is 15.0 Å². The van der Waals surface area contributed by atoms with Crippen LogP contribution in [-0.2, 0) is 0 Å². The van der Waals surface area contributed by atoms with Crippen molar-refractivity contribution in [1.29, 1.82) is 0 Å². The molecule has 0 radical (unpaired) electrons. The average Bonchev–Trinajstić information content (AvgIpc) is 3.03. The highest BCUT2D eigenvalue weighted by Crippen LogP contribution is 2.30. The van der Waals surface area contributed by atoms with Gasteiger partial charge in [0, 0.05) is 29.5 Å². The standard InChI is InChI=1S/C19H21BN4O3/c1-12(25)13-10-16(22-17(11-13)27-2)20-7-5-14(6-8-20)24-15-4-3-9-21-18(15)23-19(24)26/h3-4,9-11,14H,5-8H2,1-2H3,(H,21,23,26). The molecule has 1 aliphatic rings. The summed E-state index contributed by atoms with van der Waals surface area (Å²) in [5.41, 5.74) is 2.89. The third kappa shape index (κ3) is 3.27. The van der Waals surface area contributed by atoms with E-state index in [0.717, 1.165) is 36.6 Å². The van der Waals surface area contributed by atoms with Crippen molar-refractivity contribution in [2.45, 2.75) is 38.4 Å². The third-order valence-corrected chi connectivity index (χ3v) is 5.41. The first-order chi connectivity index (χ1) is 13.1. The number of ether oxygens (including phenoxy) is 1. The number of fused-ring (bicyclic) bond motifs is 1. The Morgan fingerprint density at radius 1 is 1.33 bits per heavy atom. The van der Waals surface area contributed by atoms with E-state index in [9.17, 15) is 9.59 Å². The van der Waals surface area contributed by atoms with Crippen LogP contribution in [0.2, 0.25) is 12.6 Å². The monoisotopic (exact) mass is 364 g/mol. The molecule has 4 heterocycles. The van der Waals surface area contributed by atoms with Gasteiger partial charge in [-0.15, -0.1) is 0 Å². The van der Waals surface area contributed by atoms with E-state index < -0.39 is 0 Å². The summed E-state index contributed by atoms with van der Waals surface area (Å²) in [5, 5.41) is 0. The fraction of sp³-hybridized carbons (Fsp3) is 0.368. The van der Waals surface area contributed by atoms with E-state index in [0.29, 0.717) is 17.1 Å². The summed E-state index contributed by atoms with van der Waals surface area (Å²) in [6.07, 6.45) is 5.24. The summed E-state index contributed by atoms with van der Waals surface area (Å²) in [6, 6.07) is 7.47. The first kappa shape index (κ1) is 17.5. The van der Waals surface area contributed by atoms with Crippen molar-refractivity contribution >= 4 is 29.3 Å². The number of aromatic nitrogens is 4. The molecule has 0 saturated carbocycles. The maximum atomic E-state index is 12.4. The lowest BCUT2D eigenvalue weighted by molar-refractivity contribution is 0.101. The number of H-pyrrole nitrogens is 1. The molecule has 0 aliphatic carbocycles. The number of pyridine rings is 2. The normalized spacial score (nSPS) is 15.3. The van der Waals surface area contributed by atoms with Crippen LogP contribution in [0.25, 0.3) is 11.2 Å². The predicted molar refractivity (Wildman–Crippen MR) is 104 cm³/mol. The number of aromatic amines is 1. The van der Waals surface area contributed by atoms with E-state index in [1.165, 1.54) is 0 Å². The Balaban J connectivity index is 1.57. The van der Waals surface area contributed by atoms with Gasteiger partial charge in [-0.3, -0.25) is 14.3 Å². The number of Topliss-reactive ketones (excluding diaryl/α,β-unsaturated/α-hetero) is 1. The molecule has 0 aromatic carbocycles. The molecule has 138 valence electrons. The number of ketones is 1. The van der Waals surface area contributed by atoms with Crippen molar-refractivity contribution < 1.29 is 9.53 Å². The molecule has 1 fully saturated rings. The van der Waals surface area contributed by atoms with Gasteiger partial charge in [0.05, 0.1) is 12.6 Å². The highest BCUT2D eigenvalue weighted by atomic mass is 16.5. The summed E-state index contributed by atoms with van der Waals surface area (Å²) >= 11 is 0. The zero-order valence-corrected chi connectivity index (χ0v) is 15.4. The first-order valence-corrected chi connectivity index (χ1v) is 9.19. The van der Waals surface area contributed by atoms with Gasteiger partial charge in [-0.2, -0.15) is 0 Å². The quantitative estimate of drug-likeness (QED) is 0.565. The molecule has 7 nitrogen and oxygen atoms in total. The van der Waals surface area contributed by atoms with E-state index in [-0.39, 0.29) is 24.2 Å². The topological polar surface area (TPSA) is 89.9 Å².